The molecule has 0 aliphatic heterocycles. The summed E-state index contributed by atoms with van der Waals surface area (Å²) in [6.45, 7) is 0. The highest BCUT2D eigenvalue weighted by molar-refractivity contribution is 7.90. The molecule has 7 nitrogen and oxygen atoms in total. The van der Waals surface area contributed by atoms with E-state index >= 15 is 0 Å². The minimum atomic E-state index is -3.58. The first-order chi connectivity index (χ1) is 9.21. The van der Waals surface area contributed by atoms with Gasteiger partial charge in [0.05, 0.1) is 16.2 Å². The van der Waals surface area contributed by atoms with Gasteiger partial charge in [0.15, 0.2) is 15.5 Å². The number of carboxylic acids is 1. The van der Waals surface area contributed by atoms with Crippen LogP contribution >= 0.6 is 0 Å². The number of benzene rings is 1. The highest BCUT2D eigenvalue weighted by Crippen LogP contribution is 2.35. The van der Waals surface area contributed by atoms with E-state index in [0.29, 0.717) is 0 Å². The number of hydrogen-bond acceptors (Lipinski definition) is 5. The summed E-state index contributed by atoms with van der Waals surface area (Å²) < 4.78 is 24.8. The quantitative estimate of drug-likeness (QED) is 0.870. The van der Waals surface area contributed by atoms with Gasteiger partial charge in [0.2, 0.25) is 0 Å². The van der Waals surface area contributed by atoms with Gasteiger partial charge in [-0.25, -0.2) is 13.2 Å². The molecule has 1 aromatic carbocycles. The number of hydrogen-bond donors (Lipinski definition) is 2. The van der Waals surface area contributed by atoms with E-state index in [1.807, 2.05) is 0 Å². The van der Waals surface area contributed by atoms with E-state index in [1.165, 1.54) is 36.0 Å². The van der Waals surface area contributed by atoms with E-state index in [4.69, 9.17) is 5.11 Å². The number of aromatic carboxylic acids is 1. The molecule has 0 aliphatic rings. The first-order valence-electron chi connectivity index (χ1n) is 5.51. The summed E-state index contributed by atoms with van der Waals surface area (Å²) in [7, 11) is -2.11. The van der Waals surface area contributed by atoms with Crippen molar-refractivity contribution in [3.05, 3.63) is 30.0 Å². The number of rotatable bonds is 3. The molecule has 0 aliphatic carbocycles. The Labute approximate surface area is 115 Å². The maximum absolute atomic E-state index is 11.8. The number of aryl methyl sites for hydroxylation is 1. The monoisotopic (exact) mass is 296 g/mol. The van der Waals surface area contributed by atoms with Gasteiger partial charge in [0.25, 0.3) is 0 Å². The number of carbonyl (C=O) groups is 1. The number of phenols is 1. The third-order valence-corrected chi connectivity index (χ3v) is 3.90. The van der Waals surface area contributed by atoms with Gasteiger partial charge < -0.3 is 10.2 Å². The maximum atomic E-state index is 11.8. The summed E-state index contributed by atoms with van der Waals surface area (Å²) >= 11 is 0. The molecule has 0 radical (unpaired) electrons. The van der Waals surface area contributed by atoms with Gasteiger partial charge >= 0.3 is 5.97 Å². The Balaban J connectivity index is 2.79. The van der Waals surface area contributed by atoms with Gasteiger partial charge in [-0.3, -0.25) is 4.68 Å². The van der Waals surface area contributed by atoms with Crippen LogP contribution in [0.5, 0.6) is 5.75 Å². The first kappa shape index (κ1) is 14.1. The summed E-state index contributed by atoms with van der Waals surface area (Å²) in [5.74, 6) is -1.49. The van der Waals surface area contributed by atoms with Crippen LogP contribution in [0.3, 0.4) is 0 Å². The molecule has 2 rings (SSSR count). The molecule has 1 heterocycles. The molecule has 0 spiro atoms. The zero-order chi connectivity index (χ0) is 15.1. The Morgan fingerprint density at radius 2 is 2.00 bits per heavy atom. The van der Waals surface area contributed by atoms with E-state index in [2.05, 4.69) is 5.10 Å². The largest absolute Gasteiger partial charge is 0.507 e. The summed E-state index contributed by atoms with van der Waals surface area (Å²) in [6, 6.07) is 5.30. The van der Waals surface area contributed by atoms with Crippen LogP contribution in [0.25, 0.3) is 11.3 Å². The van der Waals surface area contributed by atoms with Gasteiger partial charge in [-0.05, 0) is 18.2 Å². The standard InChI is InChI=1S/C12H12N2O5S/c1-14-8(6-7(13-14)12(16)17)11-9(15)4-3-5-10(11)20(2,18)19/h3-6,15H,1-2H3,(H,16,17). The Bertz CT molecular complexity index is 792. The van der Waals surface area contributed by atoms with Crippen molar-refractivity contribution in [3.63, 3.8) is 0 Å². The molecule has 2 aromatic rings. The van der Waals surface area contributed by atoms with E-state index in [1.54, 1.807) is 0 Å². The van der Waals surface area contributed by atoms with Crippen molar-refractivity contribution in [3.8, 4) is 17.0 Å². The SMILES string of the molecule is Cn1nc(C(=O)O)cc1-c1c(O)cccc1S(C)(=O)=O. The lowest BCUT2D eigenvalue weighted by molar-refractivity contribution is 0.0689. The molecule has 0 bridgehead atoms. The highest BCUT2D eigenvalue weighted by atomic mass is 32.2. The van der Waals surface area contributed by atoms with Crippen molar-refractivity contribution in [2.24, 2.45) is 7.05 Å². The third kappa shape index (κ3) is 2.37. The fourth-order valence-corrected chi connectivity index (χ4v) is 2.80. The van der Waals surface area contributed by atoms with Crippen LogP contribution in [0.4, 0.5) is 0 Å². The second kappa shape index (κ2) is 4.64. The van der Waals surface area contributed by atoms with Crippen molar-refractivity contribution in [2.45, 2.75) is 4.90 Å². The second-order valence-corrected chi connectivity index (χ2v) is 6.25. The van der Waals surface area contributed by atoms with Gasteiger partial charge in [0.1, 0.15) is 5.75 Å². The van der Waals surface area contributed by atoms with Gasteiger partial charge in [-0.1, -0.05) is 6.07 Å². The van der Waals surface area contributed by atoms with Crippen LogP contribution < -0.4 is 0 Å². The number of aromatic hydroxyl groups is 1. The molecule has 8 heteroatoms. The number of aromatic nitrogens is 2. The predicted molar refractivity (Wildman–Crippen MR) is 70.4 cm³/mol. The van der Waals surface area contributed by atoms with E-state index in [-0.39, 0.29) is 27.6 Å². The Kier molecular flexibility index (Phi) is 3.26. The van der Waals surface area contributed by atoms with Crippen LogP contribution in [0, 0.1) is 0 Å². The van der Waals surface area contributed by atoms with Crippen LogP contribution in [0.2, 0.25) is 0 Å². The van der Waals surface area contributed by atoms with Crippen molar-refractivity contribution in [1.82, 2.24) is 9.78 Å². The number of phenolic OH excluding ortho intramolecular Hbond substituents is 1. The van der Waals surface area contributed by atoms with Crippen LogP contribution in [-0.4, -0.2) is 40.6 Å². The maximum Gasteiger partial charge on any atom is 0.356 e. The minimum absolute atomic E-state index is 0.0394. The lowest BCUT2D eigenvalue weighted by atomic mass is 10.1. The molecular weight excluding hydrogens is 284 g/mol. The minimum Gasteiger partial charge on any atom is -0.507 e. The molecule has 0 saturated heterocycles. The smallest absolute Gasteiger partial charge is 0.356 e. The van der Waals surface area contributed by atoms with Crippen LogP contribution in [0.15, 0.2) is 29.2 Å². The van der Waals surface area contributed by atoms with Gasteiger partial charge in [-0.2, -0.15) is 5.10 Å². The van der Waals surface area contributed by atoms with E-state index in [0.717, 1.165) is 6.26 Å². The average molecular weight is 296 g/mol. The molecular formula is C12H12N2O5S. The number of carboxylic acid groups (broad SMARTS) is 1. The topological polar surface area (TPSA) is 109 Å². The number of nitrogens with zero attached hydrogens (tertiary/aromatic N) is 2. The third-order valence-electron chi connectivity index (χ3n) is 2.76. The number of sulfone groups is 1. The summed E-state index contributed by atoms with van der Waals surface area (Å²) in [5, 5.41) is 22.6. The average Bonchev–Trinajstić information content (AvgIpc) is 2.70. The van der Waals surface area contributed by atoms with Crippen molar-refractivity contribution < 1.29 is 23.4 Å². The first-order valence-corrected chi connectivity index (χ1v) is 7.40. The molecule has 106 valence electrons. The fraction of sp³-hybridized carbons (Fsp3) is 0.167. The van der Waals surface area contributed by atoms with E-state index < -0.39 is 15.8 Å². The molecule has 0 amide bonds. The molecule has 2 N–H and O–H groups in total. The zero-order valence-corrected chi connectivity index (χ0v) is 11.5. The van der Waals surface area contributed by atoms with Gasteiger partial charge in [-0.15, -0.1) is 0 Å². The molecule has 0 atom stereocenters. The molecule has 1 aromatic heterocycles. The van der Waals surface area contributed by atoms with Crippen LogP contribution in [0.1, 0.15) is 10.5 Å². The molecule has 0 saturated carbocycles. The predicted octanol–water partition coefficient (Wildman–Crippen LogP) is 0.894. The Morgan fingerprint density at radius 3 is 2.50 bits per heavy atom. The molecule has 0 fully saturated rings. The summed E-state index contributed by atoms with van der Waals surface area (Å²) in [4.78, 5) is 10.8. The summed E-state index contributed by atoms with van der Waals surface area (Å²) in [5.41, 5.74) is 0.0172. The second-order valence-electron chi connectivity index (χ2n) is 4.27. The Hall–Kier alpha value is -2.35. The van der Waals surface area contributed by atoms with Gasteiger partial charge in [0, 0.05) is 13.3 Å². The highest BCUT2D eigenvalue weighted by Gasteiger charge is 2.22. The van der Waals surface area contributed by atoms with Crippen molar-refractivity contribution in [1.29, 1.82) is 0 Å². The Morgan fingerprint density at radius 1 is 1.35 bits per heavy atom. The zero-order valence-electron chi connectivity index (χ0n) is 10.7. The van der Waals surface area contributed by atoms with E-state index in [9.17, 15) is 18.3 Å². The normalized spacial score (nSPS) is 11.5. The van der Waals surface area contributed by atoms with Crippen molar-refractivity contribution in [2.75, 3.05) is 6.26 Å². The summed E-state index contributed by atoms with van der Waals surface area (Å²) in [6.07, 6.45) is 1.01. The van der Waals surface area contributed by atoms with Crippen LogP contribution in [-0.2, 0) is 16.9 Å². The molecule has 20 heavy (non-hydrogen) atoms. The lowest BCUT2D eigenvalue weighted by Crippen LogP contribution is -2.03. The van der Waals surface area contributed by atoms with Crippen molar-refractivity contribution >= 4 is 15.8 Å². The lowest BCUT2D eigenvalue weighted by Gasteiger charge is -2.10. The molecule has 0 unspecified atom stereocenters. The fourth-order valence-electron chi connectivity index (χ4n) is 1.89.